The number of allylic oxidation sites excluding steroid dienone is 1. The molecule has 2 amide bonds. The summed E-state index contributed by atoms with van der Waals surface area (Å²) in [4.78, 5) is 38.4. The van der Waals surface area contributed by atoms with Gasteiger partial charge in [0.1, 0.15) is 11.6 Å². The molecule has 44 heavy (non-hydrogen) atoms. The topological polar surface area (TPSA) is 129 Å². The summed E-state index contributed by atoms with van der Waals surface area (Å²) in [7, 11) is 0. The molecule has 1 atom stereocenters. The average Bonchev–Trinajstić information content (AvgIpc) is 3.78. The minimum atomic E-state index is -2.46. The quantitative estimate of drug-likeness (QED) is 0.168. The van der Waals surface area contributed by atoms with Crippen LogP contribution in [0.25, 0.3) is 21.7 Å². The van der Waals surface area contributed by atoms with E-state index in [1.54, 1.807) is 35.4 Å². The van der Waals surface area contributed by atoms with Crippen LogP contribution in [-0.4, -0.2) is 56.8 Å². The van der Waals surface area contributed by atoms with Gasteiger partial charge < -0.3 is 19.2 Å². The molecule has 1 fully saturated rings. The first-order valence-electron chi connectivity index (χ1n) is 14.2. The van der Waals surface area contributed by atoms with Crippen LogP contribution in [0, 0.1) is 16.7 Å². The van der Waals surface area contributed by atoms with Crippen LogP contribution in [0.3, 0.4) is 0 Å². The predicted octanol–water partition coefficient (Wildman–Crippen LogP) is 5.85. The molecule has 230 valence electrons. The second-order valence-electron chi connectivity index (χ2n) is 11.7. The zero-order valence-electron chi connectivity index (χ0n) is 24.6. The standard InChI is InChI=1S/C31H33F2N7O3S/c1-31(2,3)12-20(13-34)29(42)39-10-4-5-21(39)17-40-23-7-6-19(14-35-16-27(32)33)11-22(23)37-30(40)38-28(41)26-9-8-25(44-26)24-15-36-18-43-24/h6-9,11-12,15,18,21,27,35H,4-5,10,14,16-17H2,1-3H3,(H,37,38,41)/b20-12+/t21-/m1/s1. The molecule has 3 aromatic heterocycles. The first kappa shape index (κ1) is 31.0. The minimum Gasteiger partial charge on any atom is -0.443 e. The number of nitrogens with one attached hydrogen (secondary N) is 2. The highest BCUT2D eigenvalue weighted by atomic mass is 32.1. The maximum Gasteiger partial charge on any atom is 0.268 e. The second kappa shape index (κ2) is 13.1. The van der Waals surface area contributed by atoms with Gasteiger partial charge in [0.15, 0.2) is 12.2 Å². The van der Waals surface area contributed by atoms with E-state index in [-0.39, 0.29) is 35.4 Å². The summed E-state index contributed by atoms with van der Waals surface area (Å²) in [5.41, 5.74) is 1.82. The number of benzene rings is 1. The third-order valence-corrected chi connectivity index (χ3v) is 8.23. The van der Waals surface area contributed by atoms with Crippen molar-refractivity contribution in [1.29, 1.82) is 5.26 Å². The Balaban J connectivity index is 1.45. The highest BCUT2D eigenvalue weighted by Gasteiger charge is 2.32. The number of alkyl halides is 2. The highest BCUT2D eigenvalue weighted by Crippen LogP contribution is 2.30. The molecular formula is C31H33F2N7O3S. The van der Waals surface area contributed by atoms with Gasteiger partial charge in [0.2, 0.25) is 5.95 Å². The van der Waals surface area contributed by atoms with E-state index in [1.165, 1.54) is 17.7 Å². The van der Waals surface area contributed by atoms with Crippen molar-refractivity contribution in [3.8, 4) is 16.7 Å². The number of hydrogen-bond acceptors (Lipinski definition) is 8. The number of amides is 2. The van der Waals surface area contributed by atoms with Gasteiger partial charge in [-0.15, -0.1) is 11.3 Å². The average molecular weight is 622 g/mol. The molecule has 1 aliphatic rings. The van der Waals surface area contributed by atoms with Gasteiger partial charge >= 0.3 is 0 Å². The van der Waals surface area contributed by atoms with Crippen LogP contribution in [0.4, 0.5) is 14.7 Å². The molecule has 4 aromatic rings. The van der Waals surface area contributed by atoms with Crippen molar-refractivity contribution in [1.82, 2.24) is 24.8 Å². The number of nitrogens with zero attached hydrogens (tertiary/aromatic N) is 5. The molecule has 10 nitrogen and oxygen atoms in total. The predicted molar refractivity (Wildman–Crippen MR) is 163 cm³/mol. The van der Waals surface area contributed by atoms with Crippen LogP contribution < -0.4 is 10.6 Å². The number of halogens is 2. The van der Waals surface area contributed by atoms with Gasteiger partial charge in [-0.1, -0.05) is 32.9 Å². The van der Waals surface area contributed by atoms with Crippen LogP contribution in [0.1, 0.15) is 48.8 Å². The maximum absolute atomic E-state index is 13.5. The molecule has 1 aliphatic heterocycles. The number of aromatic nitrogens is 3. The van der Waals surface area contributed by atoms with Crippen molar-refractivity contribution in [3.63, 3.8) is 0 Å². The summed E-state index contributed by atoms with van der Waals surface area (Å²) in [6.07, 6.45) is 3.62. The molecule has 0 aliphatic carbocycles. The number of anilines is 1. The summed E-state index contributed by atoms with van der Waals surface area (Å²) < 4.78 is 32.5. The molecular weight excluding hydrogens is 588 g/mol. The molecule has 1 aromatic carbocycles. The first-order chi connectivity index (χ1) is 21.0. The summed E-state index contributed by atoms with van der Waals surface area (Å²) in [6, 6.07) is 10.8. The maximum atomic E-state index is 13.5. The molecule has 4 heterocycles. The van der Waals surface area contributed by atoms with Crippen LogP contribution in [0.15, 0.2) is 59.0 Å². The smallest absolute Gasteiger partial charge is 0.268 e. The van der Waals surface area contributed by atoms with Crippen molar-refractivity contribution in [2.24, 2.45) is 5.41 Å². The van der Waals surface area contributed by atoms with E-state index in [2.05, 4.69) is 21.7 Å². The van der Waals surface area contributed by atoms with Crippen LogP contribution >= 0.6 is 11.3 Å². The van der Waals surface area contributed by atoms with Gasteiger partial charge in [-0.3, -0.25) is 14.9 Å². The number of rotatable bonds is 10. The van der Waals surface area contributed by atoms with Gasteiger partial charge in [-0.25, -0.2) is 18.7 Å². The van der Waals surface area contributed by atoms with E-state index >= 15 is 0 Å². The molecule has 0 radical (unpaired) electrons. The Morgan fingerprint density at radius 1 is 1.27 bits per heavy atom. The number of hydrogen-bond donors (Lipinski definition) is 2. The second-order valence-corrected chi connectivity index (χ2v) is 12.8. The van der Waals surface area contributed by atoms with E-state index in [9.17, 15) is 23.6 Å². The number of carbonyl (C=O) groups excluding carboxylic acids is 2. The Morgan fingerprint density at radius 3 is 2.80 bits per heavy atom. The first-order valence-corrected chi connectivity index (χ1v) is 15.1. The van der Waals surface area contributed by atoms with E-state index in [0.29, 0.717) is 41.6 Å². The monoisotopic (exact) mass is 621 g/mol. The lowest BCUT2D eigenvalue weighted by Gasteiger charge is -2.26. The summed E-state index contributed by atoms with van der Waals surface area (Å²) in [5.74, 6) is 0.168. The fourth-order valence-corrected chi connectivity index (χ4v) is 6.07. The zero-order valence-corrected chi connectivity index (χ0v) is 25.5. The van der Waals surface area contributed by atoms with E-state index in [4.69, 9.17) is 9.40 Å². The summed E-state index contributed by atoms with van der Waals surface area (Å²) >= 11 is 1.25. The Bertz CT molecular complexity index is 1710. The SMILES string of the molecule is CC(C)(C)/C=C(\C#N)C(=O)N1CCC[C@@H]1Cn1c(NC(=O)c2ccc(-c3cnco3)s2)nc2cc(CNCC(F)F)ccc21. The van der Waals surface area contributed by atoms with Gasteiger partial charge in [-0.05, 0) is 48.1 Å². The molecule has 2 N–H and O–H groups in total. The lowest BCUT2D eigenvalue weighted by Crippen LogP contribution is -2.39. The van der Waals surface area contributed by atoms with Crippen molar-refractivity contribution in [3.05, 3.63) is 65.0 Å². The lowest BCUT2D eigenvalue weighted by atomic mass is 9.93. The number of carbonyl (C=O) groups is 2. The van der Waals surface area contributed by atoms with Crippen molar-refractivity contribution < 1.29 is 22.8 Å². The third kappa shape index (κ3) is 7.20. The molecule has 13 heteroatoms. The molecule has 0 saturated carbocycles. The number of oxazole rings is 1. The minimum absolute atomic E-state index is 0.106. The Morgan fingerprint density at radius 2 is 2.09 bits per heavy atom. The molecule has 1 saturated heterocycles. The van der Waals surface area contributed by atoms with Crippen LogP contribution in [0.5, 0.6) is 0 Å². The van der Waals surface area contributed by atoms with Gasteiger partial charge in [0.05, 0.1) is 39.6 Å². The van der Waals surface area contributed by atoms with Crippen molar-refractivity contribution >= 4 is 40.1 Å². The Kier molecular flexibility index (Phi) is 9.22. The Labute approximate surface area is 257 Å². The van der Waals surface area contributed by atoms with Crippen molar-refractivity contribution in [2.45, 2.75) is 59.2 Å². The van der Waals surface area contributed by atoms with Crippen LogP contribution in [-0.2, 0) is 17.9 Å². The molecule has 0 unspecified atom stereocenters. The molecule has 0 bridgehead atoms. The molecule has 0 spiro atoms. The summed E-state index contributed by atoms with van der Waals surface area (Å²) in [5, 5.41) is 15.4. The fraction of sp³-hybridized carbons (Fsp3) is 0.387. The number of likely N-dealkylation sites (tertiary alicyclic amines) is 1. The van der Waals surface area contributed by atoms with Gasteiger partial charge in [0, 0.05) is 19.6 Å². The highest BCUT2D eigenvalue weighted by molar-refractivity contribution is 7.17. The molecule has 5 rings (SSSR count). The zero-order chi connectivity index (χ0) is 31.4. The van der Waals surface area contributed by atoms with Gasteiger partial charge in [-0.2, -0.15) is 5.26 Å². The number of nitriles is 1. The largest absolute Gasteiger partial charge is 0.443 e. The summed E-state index contributed by atoms with van der Waals surface area (Å²) in [6.45, 7) is 6.46. The number of imidazole rings is 1. The Hall–Kier alpha value is -4.41. The van der Waals surface area contributed by atoms with E-state index < -0.39 is 13.0 Å². The van der Waals surface area contributed by atoms with Crippen molar-refractivity contribution in [2.75, 3.05) is 18.4 Å². The van der Waals surface area contributed by atoms with Crippen LogP contribution in [0.2, 0.25) is 0 Å². The van der Waals surface area contributed by atoms with Gasteiger partial charge in [0.25, 0.3) is 18.2 Å². The van der Waals surface area contributed by atoms with E-state index in [0.717, 1.165) is 22.4 Å². The fourth-order valence-electron chi connectivity index (χ4n) is 5.22. The number of fused-ring (bicyclic) bond motifs is 1. The number of thiophene rings is 1. The lowest BCUT2D eigenvalue weighted by molar-refractivity contribution is -0.127. The third-order valence-electron chi connectivity index (χ3n) is 7.13. The van der Waals surface area contributed by atoms with E-state index in [1.807, 2.05) is 37.5 Å². The normalized spacial score (nSPS) is 15.7.